The summed E-state index contributed by atoms with van der Waals surface area (Å²) < 4.78 is 5.21. The van der Waals surface area contributed by atoms with Crippen LogP contribution < -0.4 is 0 Å². The molecule has 2 unspecified atom stereocenters. The second-order valence-electron chi connectivity index (χ2n) is 4.42. The van der Waals surface area contributed by atoms with Gasteiger partial charge in [-0.25, -0.2) is 4.79 Å². The van der Waals surface area contributed by atoms with Crippen molar-refractivity contribution >= 4 is 17.6 Å². The number of halogens is 1. The number of hydrogen-bond acceptors (Lipinski definition) is 3. The van der Waals surface area contributed by atoms with Crippen molar-refractivity contribution in [3.05, 3.63) is 34.9 Å². The van der Waals surface area contributed by atoms with Crippen LogP contribution in [0.2, 0.25) is 5.02 Å². The smallest absolute Gasteiger partial charge is 0.334 e. The number of hydrogen-bond donors (Lipinski definition) is 1. The molecule has 98 valence electrons. The third-order valence-electron chi connectivity index (χ3n) is 3.25. The minimum atomic E-state index is -0.905. The monoisotopic (exact) mass is 269 g/mol. The largest absolute Gasteiger partial charge is 0.479 e. The lowest BCUT2D eigenvalue weighted by molar-refractivity contribution is -0.157. The Labute approximate surface area is 111 Å². The van der Waals surface area contributed by atoms with E-state index in [4.69, 9.17) is 21.4 Å². The molecule has 1 heterocycles. The minimum absolute atomic E-state index is 0.134. The molecule has 18 heavy (non-hydrogen) atoms. The first-order chi connectivity index (χ1) is 8.58. The predicted molar refractivity (Wildman–Crippen MR) is 68.8 cm³/mol. The van der Waals surface area contributed by atoms with E-state index < -0.39 is 12.1 Å². The molecule has 0 radical (unpaired) electrons. The van der Waals surface area contributed by atoms with Gasteiger partial charge >= 0.3 is 5.97 Å². The third-order valence-corrected chi connectivity index (χ3v) is 3.49. The molecule has 0 saturated carbocycles. The Hall–Kier alpha value is -1.10. The number of benzene rings is 1. The maximum Gasteiger partial charge on any atom is 0.334 e. The SMILES string of the molecule is CC(c1cccc(Cl)c1)N1CCOC(C(=O)O)C1. The third kappa shape index (κ3) is 3.02. The highest BCUT2D eigenvalue weighted by atomic mass is 35.5. The van der Waals surface area contributed by atoms with Crippen LogP contribution in [-0.2, 0) is 9.53 Å². The lowest BCUT2D eigenvalue weighted by atomic mass is 10.1. The molecule has 0 amide bonds. The van der Waals surface area contributed by atoms with E-state index in [1.807, 2.05) is 24.3 Å². The molecule has 2 rings (SSSR count). The standard InChI is InChI=1S/C13H16ClNO3/c1-9(10-3-2-4-11(14)7-10)15-5-6-18-12(8-15)13(16)17/h2-4,7,9,12H,5-6,8H2,1H3,(H,16,17). The van der Waals surface area contributed by atoms with Crippen LogP contribution in [0.15, 0.2) is 24.3 Å². The van der Waals surface area contributed by atoms with Gasteiger partial charge in [0.1, 0.15) is 0 Å². The number of rotatable bonds is 3. The number of nitrogens with zero attached hydrogens (tertiary/aromatic N) is 1. The number of carboxylic acids is 1. The van der Waals surface area contributed by atoms with Gasteiger partial charge in [0.2, 0.25) is 0 Å². The van der Waals surface area contributed by atoms with Crippen molar-refractivity contribution in [3.8, 4) is 0 Å². The van der Waals surface area contributed by atoms with Crippen molar-refractivity contribution in [2.24, 2.45) is 0 Å². The van der Waals surface area contributed by atoms with Gasteiger partial charge in [-0.05, 0) is 24.6 Å². The highest BCUT2D eigenvalue weighted by Gasteiger charge is 2.29. The normalized spacial score (nSPS) is 22.7. The van der Waals surface area contributed by atoms with Gasteiger partial charge in [0, 0.05) is 24.2 Å². The summed E-state index contributed by atoms with van der Waals surface area (Å²) in [5.41, 5.74) is 1.09. The van der Waals surface area contributed by atoms with E-state index >= 15 is 0 Å². The Balaban J connectivity index is 2.09. The van der Waals surface area contributed by atoms with E-state index in [0.29, 0.717) is 18.2 Å². The molecule has 0 aromatic heterocycles. The predicted octanol–water partition coefficient (Wildman–Crippen LogP) is 2.19. The van der Waals surface area contributed by atoms with Gasteiger partial charge in [-0.3, -0.25) is 4.90 Å². The molecule has 0 bridgehead atoms. The first-order valence-corrected chi connectivity index (χ1v) is 6.29. The average molecular weight is 270 g/mol. The maximum absolute atomic E-state index is 10.9. The summed E-state index contributed by atoms with van der Waals surface area (Å²) in [4.78, 5) is 13.0. The van der Waals surface area contributed by atoms with Crippen LogP contribution >= 0.6 is 11.6 Å². The summed E-state index contributed by atoms with van der Waals surface area (Å²) in [6, 6.07) is 7.79. The summed E-state index contributed by atoms with van der Waals surface area (Å²) in [6.45, 7) is 3.64. The Morgan fingerprint density at radius 3 is 3.06 bits per heavy atom. The lowest BCUT2D eigenvalue weighted by Crippen LogP contribution is -2.46. The number of carboxylic acid groups (broad SMARTS) is 1. The van der Waals surface area contributed by atoms with Crippen LogP contribution in [-0.4, -0.2) is 41.8 Å². The summed E-state index contributed by atoms with van der Waals surface area (Å²) in [6.07, 6.45) is -0.736. The topological polar surface area (TPSA) is 49.8 Å². The average Bonchev–Trinajstić information content (AvgIpc) is 2.38. The van der Waals surface area contributed by atoms with Crippen LogP contribution in [0.4, 0.5) is 0 Å². The molecule has 4 nitrogen and oxygen atoms in total. The molecule has 1 aliphatic rings. The summed E-state index contributed by atoms with van der Waals surface area (Å²) in [5.74, 6) is -0.905. The molecule has 1 aromatic rings. The minimum Gasteiger partial charge on any atom is -0.479 e. The van der Waals surface area contributed by atoms with E-state index in [1.54, 1.807) is 0 Å². The lowest BCUT2D eigenvalue weighted by Gasteiger charge is -2.35. The zero-order valence-electron chi connectivity index (χ0n) is 10.2. The van der Waals surface area contributed by atoms with Crippen molar-refractivity contribution in [3.63, 3.8) is 0 Å². The number of ether oxygens (including phenoxy) is 1. The highest BCUT2D eigenvalue weighted by Crippen LogP contribution is 2.24. The van der Waals surface area contributed by atoms with Crippen LogP contribution in [0.3, 0.4) is 0 Å². The fourth-order valence-corrected chi connectivity index (χ4v) is 2.35. The zero-order valence-corrected chi connectivity index (χ0v) is 10.9. The molecule has 1 N–H and O–H groups in total. The highest BCUT2D eigenvalue weighted by molar-refractivity contribution is 6.30. The quantitative estimate of drug-likeness (QED) is 0.914. The summed E-state index contributed by atoms with van der Waals surface area (Å²) >= 11 is 5.97. The Morgan fingerprint density at radius 1 is 1.61 bits per heavy atom. The Bertz CT molecular complexity index is 438. The van der Waals surface area contributed by atoms with Gasteiger partial charge in [0.15, 0.2) is 6.10 Å². The fraction of sp³-hybridized carbons (Fsp3) is 0.462. The van der Waals surface area contributed by atoms with E-state index in [1.165, 1.54) is 0 Å². The van der Waals surface area contributed by atoms with Crippen LogP contribution in [0.1, 0.15) is 18.5 Å². The molecule has 2 atom stereocenters. The first kappa shape index (κ1) is 13.3. The molecule has 1 saturated heterocycles. The number of morpholine rings is 1. The first-order valence-electron chi connectivity index (χ1n) is 5.92. The zero-order chi connectivity index (χ0) is 13.1. The maximum atomic E-state index is 10.9. The van der Waals surface area contributed by atoms with Crippen molar-refractivity contribution in [1.82, 2.24) is 4.90 Å². The van der Waals surface area contributed by atoms with Gasteiger partial charge in [-0.1, -0.05) is 23.7 Å². The fourth-order valence-electron chi connectivity index (χ4n) is 2.15. The molecule has 1 aliphatic heterocycles. The van der Waals surface area contributed by atoms with E-state index in [9.17, 15) is 4.79 Å². The van der Waals surface area contributed by atoms with E-state index in [2.05, 4.69) is 11.8 Å². The van der Waals surface area contributed by atoms with Crippen molar-refractivity contribution in [1.29, 1.82) is 0 Å². The molecule has 1 aromatic carbocycles. The van der Waals surface area contributed by atoms with Crippen molar-refractivity contribution in [2.45, 2.75) is 19.1 Å². The van der Waals surface area contributed by atoms with Gasteiger partial charge in [-0.15, -0.1) is 0 Å². The van der Waals surface area contributed by atoms with Gasteiger partial charge in [-0.2, -0.15) is 0 Å². The molecular weight excluding hydrogens is 254 g/mol. The van der Waals surface area contributed by atoms with E-state index in [0.717, 1.165) is 12.1 Å². The molecular formula is C13H16ClNO3. The van der Waals surface area contributed by atoms with Crippen LogP contribution in [0.5, 0.6) is 0 Å². The molecule has 1 fully saturated rings. The molecule has 0 spiro atoms. The Morgan fingerprint density at radius 2 is 2.39 bits per heavy atom. The van der Waals surface area contributed by atoms with Crippen molar-refractivity contribution < 1.29 is 14.6 Å². The number of aliphatic carboxylic acids is 1. The van der Waals surface area contributed by atoms with Gasteiger partial charge < -0.3 is 9.84 Å². The molecule has 0 aliphatic carbocycles. The summed E-state index contributed by atoms with van der Waals surface area (Å²) in [5, 5.41) is 9.68. The van der Waals surface area contributed by atoms with Gasteiger partial charge in [0.05, 0.1) is 6.61 Å². The van der Waals surface area contributed by atoms with Gasteiger partial charge in [0.25, 0.3) is 0 Å². The van der Waals surface area contributed by atoms with Crippen molar-refractivity contribution in [2.75, 3.05) is 19.7 Å². The Kier molecular flexibility index (Phi) is 4.22. The summed E-state index contributed by atoms with van der Waals surface area (Å²) in [7, 11) is 0. The van der Waals surface area contributed by atoms with E-state index in [-0.39, 0.29) is 6.04 Å². The second kappa shape index (κ2) is 5.69. The van der Waals surface area contributed by atoms with Crippen LogP contribution in [0.25, 0.3) is 0 Å². The second-order valence-corrected chi connectivity index (χ2v) is 4.86. The number of carbonyl (C=O) groups is 1. The van der Waals surface area contributed by atoms with Crippen LogP contribution in [0, 0.1) is 0 Å². The molecule has 5 heteroatoms.